The van der Waals surface area contributed by atoms with Gasteiger partial charge in [-0.3, -0.25) is 4.79 Å². The van der Waals surface area contributed by atoms with Crippen LogP contribution in [-0.4, -0.2) is 17.1 Å². The van der Waals surface area contributed by atoms with Crippen molar-refractivity contribution in [1.29, 1.82) is 0 Å². The Hall–Kier alpha value is -0.570. The van der Waals surface area contributed by atoms with Crippen LogP contribution in [0, 0.1) is 5.41 Å². The standard InChI is InChI=1S/C20H41NO2/c1-4-5-6-7-8-9-10-11-12-13-14-15-16-17-20(2,3)18(21)19(22)23/h18H,4-17,21H2,1-3H3,(H,22,23). The monoisotopic (exact) mass is 327 g/mol. The van der Waals surface area contributed by atoms with Crippen molar-refractivity contribution < 1.29 is 9.90 Å². The number of carboxylic acids is 1. The fourth-order valence-electron chi connectivity index (χ4n) is 3.09. The molecule has 0 heterocycles. The summed E-state index contributed by atoms with van der Waals surface area (Å²) >= 11 is 0. The molecule has 0 saturated heterocycles. The maximum Gasteiger partial charge on any atom is 0.321 e. The molecule has 3 heteroatoms. The molecule has 0 rings (SSSR count). The highest BCUT2D eigenvalue weighted by atomic mass is 16.4. The number of carbonyl (C=O) groups is 1. The molecule has 0 fully saturated rings. The minimum absolute atomic E-state index is 0.302. The van der Waals surface area contributed by atoms with Gasteiger partial charge in [-0.2, -0.15) is 0 Å². The van der Waals surface area contributed by atoms with Crippen molar-refractivity contribution in [1.82, 2.24) is 0 Å². The molecular weight excluding hydrogens is 286 g/mol. The van der Waals surface area contributed by atoms with Crippen molar-refractivity contribution in [2.24, 2.45) is 11.1 Å². The zero-order chi connectivity index (χ0) is 17.6. The van der Waals surface area contributed by atoms with Gasteiger partial charge in [-0.15, -0.1) is 0 Å². The molecule has 0 aromatic carbocycles. The number of unbranched alkanes of at least 4 members (excludes halogenated alkanes) is 12. The van der Waals surface area contributed by atoms with Crippen LogP contribution in [0.5, 0.6) is 0 Å². The summed E-state index contributed by atoms with van der Waals surface area (Å²) in [6.45, 7) is 6.19. The molecule has 0 aromatic heterocycles. The van der Waals surface area contributed by atoms with Crippen molar-refractivity contribution in [2.75, 3.05) is 0 Å². The van der Waals surface area contributed by atoms with E-state index in [0.717, 1.165) is 12.8 Å². The number of hydrogen-bond acceptors (Lipinski definition) is 2. The molecule has 1 atom stereocenters. The van der Waals surface area contributed by atoms with E-state index >= 15 is 0 Å². The van der Waals surface area contributed by atoms with Crippen molar-refractivity contribution >= 4 is 5.97 Å². The summed E-state index contributed by atoms with van der Waals surface area (Å²) in [5.41, 5.74) is 5.44. The summed E-state index contributed by atoms with van der Waals surface area (Å²) in [6, 6.07) is -0.750. The van der Waals surface area contributed by atoms with Gasteiger partial charge in [0, 0.05) is 0 Å². The van der Waals surface area contributed by atoms with Gasteiger partial charge in [0.1, 0.15) is 6.04 Å². The highest BCUT2D eigenvalue weighted by molar-refractivity contribution is 5.74. The molecule has 3 N–H and O–H groups in total. The van der Waals surface area contributed by atoms with E-state index < -0.39 is 12.0 Å². The largest absolute Gasteiger partial charge is 0.480 e. The lowest BCUT2D eigenvalue weighted by Crippen LogP contribution is -2.43. The third-order valence-electron chi connectivity index (χ3n) is 5.03. The average molecular weight is 328 g/mol. The SMILES string of the molecule is CCCCCCCCCCCCCCCC(C)(C)C(N)C(=O)O. The van der Waals surface area contributed by atoms with Crippen LogP contribution in [0.25, 0.3) is 0 Å². The zero-order valence-electron chi connectivity index (χ0n) is 15.9. The van der Waals surface area contributed by atoms with Crippen molar-refractivity contribution in [2.45, 2.75) is 117 Å². The lowest BCUT2D eigenvalue weighted by atomic mass is 9.80. The van der Waals surface area contributed by atoms with Crippen LogP contribution in [-0.2, 0) is 4.79 Å². The lowest BCUT2D eigenvalue weighted by Gasteiger charge is -2.28. The third kappa shape index (κ3) is 12.5. The first-order chi connectivity index (χ1) is 10.9. The van der Waals surface area contributed by atoms with Crippen LogP contribution >= 0.6 is 0 Å². The van der Waals surface area contributed by atoms with E-state index in [-0.39, 0.29) is 5.41 Å². The van der Waals surface area contributed by atoms with E-state index in [0.29, 0.717) is 0 Å². The third-order valence-corrected chi connectivity index (χ3v) is 5.03. The maximum atomic E-state index is 11.0. The molecule has 138 valence electrons. The Morgan fingerprint density at radius 2 is 1.17 bits per heavy atom. The van der Waals surface area contributed by atoms with Crippen LogP contribution in [0.4, 0.5) is 0 Å². The molecule has 1 unspecified atom stereocenters. The van der Waals surface area contributed by atoms with Crippen LogP contribution in [0.3, 0.4) is 0 Å². The molecule has 3 nitrogen and oxygen atoms in total. The van der Waals surface area contributed by atoms with Gasteiger partial charge < -0.3 is 10.8 Å². The van der Waals surface area contributed by atoms with Gasteiger partial charge in [0.2, 0.25) is 0 Å². The molecule has 0 radical (unpaired) electrons. The zero-order valence-corrected chi connectivity index (χ0v) is 15.9. The van der Waals surface area contributed by atoms with Crippen LogP contribution in [0.2, 0.25) is 0 Å². The number of carboxylic acid groups (broad SMARTS) is 1. The minimum atomic E-state index is -0.885. The molecule has 0 amide bonds. The number of rotatable bonds is 16. The van der Waals surface area contributed by atoms with Gasteiger partial charge in [-0.1, -0.05) is 104 Å². The quantitative estimate of drug-likeness (QED) is 0.347. The average Bonchev–Trinajstić information content (AvgIpc) is 2.50. The summed E-state index contributed by atoms with van der Waals surface area (Å²) < 4.78 is 0. The minimum Gasteiger partial charge on any atom is -0.480 e. The highest BCUT2D eigenvalue weighted by Crippen LogP contribution is 2.27. The molecule has 0 aliphatic rings. The number of aliphatic carboxylic acids is 1. The molecule has 23 heavy (non-hydrogen) atoms. The molecule has 0 aromatic rings. The van der Waals surface area contributed by atoms with Gasteiger partial charge in [0.25, 0.3) is 0 Å². The number of hydrogen-bond donors (Lipinski definition) is 2. The Balaban J connectivity index is 3.35. The molecule has 0 aliphatic carbocycles. The van der Waals surface area contributed by atoms with E-state index in [9.17, 15) is 4.79 Å². The summed E-state index contributed by atoms with van der Waals surface area (Å²) in [6.07, 6.45) is 18.3. The fourth-order valence-corrected chi connectivity index (χ4v) is 3.09. The van der Waals surface area contributed by atoms with Crippen LogP contribution in [0.1, 0.15) is 111 Å². The second-order valence-electron chi connectivity index (χ2n) is 7.80. The molecule has 0 saturated carbocycles. The first kappa shape index (κ1) is 22.4. The van der Waals surface area contributed by atoms with Gasteiger partial charge in [-0.25, -0.2) is 0 Å². The Labute approximate surface area is 144 Å². The molecular formula is C20H41NO2. The predicted molar refractivity (Wildman–Crippen MR) is 99.7 cm³/mol. The maximum absolute atomic E-state index is 11.0. The van der Waals surface area contributed by atoms with E-state index in [1.54, 1.807) is 0 Å². The van der Waals surface area contributed by atoms with Crippen molar-refractivity contribution in [3.8, 4) is 0 Å². The highest BCUT2D eigenvalue weighted by Gasteiger charge is 2.31. The van der Waals surface area contributed by atoms with E-state index in [1.807, 2.05) is 13.8 Å². The summed E-state index contributed by atoms with van der Waals surface area (Å²) in [4.78, 5) is 11.0. The van der Waals surface area contributed by atoms with Gasteiger partial charge in [0.05, 0.1) is 0 Å². The van der Waals surface area contributed by atoms with Gasteiger partial charge >= 0.3 is 5.97 Å². The molecule has 0 aliphatic heterocycles. The fraction of sp³-hybridized carbons (Fsp3) is 0.950. The Morgan fingerprint density at radius 3 is 1.52 bits per heavy atom. The summed E-state index contributed by atoms with van der Waals surface area (Å²) in [5, 5.41) is 9.00. The number of nitrogens with two attached hydrogens (primary N) is 1. The van der Waals surface area contributed by atoms with Crippen molar-refractivity contribution in [3.05, 3.63) is 0 Å². The van der Waals surface area contributed by atoms with E-state index in [1.165, 1.54) is 77.0 Å². The predicted octanol–water partition coefficient (Wildman–Crippen LogP) is 5.91. The summed E-state index contributed by atoms with van der Waals surface area (Å²) in [7, 11) is 0. The van der Waals surface area contributed by atoms with Crippen LogP contribution < -0.4 is 5.73 Å². The summed E-state index contributed by atoms with van der Waals surface area (Å²) in [5.74, 6) is -0.885. The van der Waals surface area contributed by atoms with Gasteiger partial charge in [0.15, 0.2) is 0 Å². The van der Waals surface area contributed by atoms with Crippen LogP contribution in [0.15, 0.2) is 0 Å². The second-order valence-corrected chi connectivity index (χ2v) is 7.80. The Morgan fingerprint density at radius 1 is 0.826 bits per heavy atom. The first-order valence-corrected chi connectivity index (χ1v) is 9.90. The smallest absolute Gasteiger partial charge is 0.321 e. The van der Waals surface area contributed by atoms with E-state index in [4.69, 9.17) is 10.8 Å². The first-order valence-electron chi connectivity index (χ1n) is 9.90. The lowest BCUT2D eigenvalue weighted by molar-refractivity contribution is -0.141. The van der Waals surface area contributed by atoms with E-state index in [2.05, 4.69) is 6.92 Å². The molecule has 0 bridgehead atoms. The normalized spacial score (nSPS) is 13.2. The van der Waals surface area contributed by atoms with Gasteiger partial charge in [-0.05, 0) is 11.8 Å². The van der Waals surface area contributed by atoms with Crippen molar-refractivity contribution in [3.63, 3.8) is 0 Å². The molecule has 0 spiro atoms. The second kappa shape index (κ2) is 13.8. The Kier molecular flexibility index (Phi) is 13.5. The Bertz CT molecular complexity index is 289. The topological polar surface area (TPSA) is 63.3 Å².